The molecule has 1 aromatic rings. The molecule has 1 aliphatic heterocycles. The number of likely N-dealkylation sites (tertiary alicyclic amines) is 1. The van der Waals surface area contributed by atoms with Gasteiger partial charge in [0.2, 0.25) is 0 Å². The number of carboxylic acid groups (broad SMARTS) is 1. The summed E-state index contributed by atoms with van der Waals surface area (Å²) in [5.74, 6) is -1.42. The maximum atomic E-state index is 12.5. The second-order valence-corrected chi connectivity index (χ2v) is 4.87. The number of aromatic amines is 1. The number of amides is 1. The molecule has 6 heteroatoms. The molecule has 1 fully saturated rings. The largest absolute Gasteiger partial charge is 0.477 e. The van der Waals surface area contributed by atoms with Crippen molar-refractivity contribution in [1.29, 1.82) is 0 Å². The monoisotopic (exact) mass is 265 g/mol. The van der Waals surface area contributed by atoms with E-state index in [4.69, 9.17) is 5.11 Å². The SMILES string of the molecule is CCCC1CCCCN1C(=O)c1nc[nH]c1C(=O)O. The predicted molar refractivity (Wildman–Crippen MR) is 69.1 cm³/mol. The van der Waals surface area contributed by atoms with Gasteiger partial charge in [-0.3, -0.25) is 4.79 Å². The molecule has 19 heavy (non-hydrogen) atoms. The molecule has 1 unspecified atom stereocenters. The van der Waals surface area contributed by atoms with Crippen molar-refractivity contribution in [3.8, 4) is 0 Å². The number of hydrogen-bond acceptors (Lipinski definition) is 3. The number of hydrogen-bond donors (Lipinski definition) is 2. The van der Waals surface area contributed by atoms with E-state index in [0.717, 1.165) is 32.1 Å². The third-order valence-corrected chi connectivity index (χ3v) is 3.57. The minimum absolute atomic E-state index is 0.0236. The quantitative estimate of drug-likeness (QED) is 0.870. The van der Waals surface area contributed by atoms with Crippen LogP contribution in [0.2, 0.25) is 0 Å². The number of nitrogens with zero attached hydrogens (tertiary/aromatic N) is 2. The Balaban J connectivity index is 2.21. The number of aromatic nitrogens is 2. The van der Waals surface area contributed by atoms with Crippen LogP contribution in [0.4, 0.5) is 0 Å². The van der Waals surface area contributed by atoms with E-state index >= 15 is 0 Å². The minimum Gasteiger partial charge on any atom is -0.477 e. The summed E-state index contributed by atoms with van der Waals surface area (Å²) in [5.41, 5.74) is -0.0960. The van der Waals surface area contributed by atoms with Crippen molar-refractivity contribution in [1.82, 2.24) is 14.9 Å². The van der Waals surface area contributed by atoms with Crippen LogP contribution in [0, 0.1) is 0 Å². The number of carbonyl (C=O) groups is 2. The zero-order chi connectivity index (χ0) is 13.8. The summed E-state index contributed by atoms with van der Waals surface area (Å²) in [4.78, 5) is 31.7. The third-order valence-electron chi connectivity index (χ3n) is 3.57. The van der Waals surface area contributed by atoms with Gasteiger partial charge in [-0.2, -0.15) is 0 Å². The van der Waals surface area contributed by atoms with Crippen LogP contribution in [0.15, 0.2) is 6.33 Å². The van der Waals surface area contributed by atoms with Gasteiger partial charge in [0.15, 0.2) is 11.4 Å². The molecule has 0 aromatic carbocycles. The van der Waals surface area contributed by atoms with Crippen molar-refractivity contribution < 1.29 is 14.7 Å². The first kappa shape index (κ1) is 13.6. The van der Waals surface area contributed by atoms with E-state index in [9.17, 15) is 9.59 Å². The van der Waals surface area contributed by atoms with E-state index in [2.05, 4.69) is 16.9 Å². The van der Waals surface area contributed by atoms with E-state index in [0.29, 0.717) is 6.54 Å². The van der Waals surface area contributed by atoms with Crippen LogP contribution in [0.3, 0.4) is 0 Å². The normalized spacial score (nSPS) is 19.4. The van der Waals surface area contributed by atoms with Gasteiger partial charge in [0.25, 0.3) is 5.91 Å². The number of imidazole rings is 1. The van der Waals surface area contributed by atoms with Gasteiger partial charge in [-0.05, 0) is 25.7 Å². The number of carbonyl (C=O) groups excluding carboxylic acids is 1. The number of rotatable bonds is 4. The number of nitrogens with one attached hydrogen (secondary N) is 1. The Labute approximate surface area is 111 Å². The summed E-state index contributed by atoms with van der Waals surface area (Å²) in [7, 11) is 0. The van der Waals surface area contributed by atoms with Crippen LogP contribution in [-0.2, 0) is 0 Å². The lowest BCUT2D eigenvalue weighted by Crippen LogP contribution is -2.44. The molecule has 2 N–H and O–H groups in total. The van der Waals surface area contributed by atoms with Crippen molar-refractivity contribution in [3.05, 3.63) is 17.7 Å². The molecule has 0 radical (unpaired) electrons. The number of piperidine rings is 1. The molecule has 1 atom stereocenters. The Bertz CT molecular complexity index is 467. The standard InChI is InChI=1S/C13H19N3O3/c1-2-5-9-6-3-4-7-16(9)12(17)10-11(13(18)19)15-8-14-10/h8-9H,2-7H2,1H3,(H,14,15)(H,18,19). The van der Waals surface area contributed by atoms with E-state index in [-0.39, 0.29) is 23.3 Å². The molecule has 2 heterocycles. The first-order chi connectivity index (χ1) is 9.15. The molecule has 104 valence electrons. The molecule has 1 saturated heterocycles. The lowest BCUT2D eigenvalue weighted by Gasteiger charge is -2.35. The van der Waals surface area contributed by atoms with Gasteiger partial charge in [-0.15, -0.1) is 0 Å². The Morgan fingerprint density at radius 3 is 3.00 bits per heavy atom. The van der Waals surface area contributed by atoms with Crippen LogP contribution in [0.25, 0.3) is 0 Å². The van der Waals surface area contributed by atoms with Crippen molar-refractivity contribution >= 4 is 11.9 Å². The highest BCUT2D eigenvalue weighted by Gasteiger charge is 2.30. The van der Waals surface area contributed by atoms with Gasteiger partial charge in [0.1, 0.15) is 0 Å². The third kappa shape index (κ3) is 2.77. The van der Waals surface area contributed by atoms with E-state index < -0.39 is 5.97 Å². The second kappa shape index (κ2) is 5.86. The van der Waals surface area contributed by atoms with Crippen molar-refractivity contribution in [2.45, 2.75) is 45.1 Å². The highest BCUT2D eigenvalue weighted by molar-refractivity contribution is 6.02. The van der Waals surface area contributed by atoms with Gasteiger partial charge < -0.3 is 15.0 Å². The molecule has 0 aliphatic carbocycles. The molecule has 0 saturated carbocycles. The summed E-state index contributed by atoms with van der Waals surface area (Å²) in [6, 6.07) is 0.213. The first-order valence-corrected chi connectivity index (χ1v) is 6.72. The van der Waals surface area contributed by atoms with Crippen LogP contribution in [0.1, 0.15) is 60.0 Å². The van der Waals surface area contributed by atoms with Gasteiger partial charge in [-0.1, -0.05) is 13.3 Å². The Kier molecular flexibility index (Phi) is 4.19. The number of carboxylic acids is 1. The highest BCUT2D eigenvalue weighted by atomic mass is 16.4. The summed E-state index contributed by atoms with van der Waals surface area (Å²) < 4.78 is 0. The maximum absolute atomic E-state index is 12.5. The van der Waals surface area contributed by atoms with Crippen LogP contribution >= 0.6 is 0 Å². The fourth-order valence-electron chi connectivity index (χ4n) is 2.66. The van der Waals surface area contributed by atoms with Crippen molar-refractivity contribution in [3.63, 3.8) is 0 Å². The van der Waals surface area contributed by atoms with Crippen LogP contribution in [0.5, 0.6) is 0 Å². The first-order valence-electron chi connectivity index (χ1n) is 6.72. The molecular formula is C13H19N3O3. The van der Waals surface area contributed by atoms with Gasteiger partial charge >= 0.3 is 5.97 Å². The van der Waals surface area contributed by atoms with Crippen molar-refractivity contribution in [2.24, 2.45) is 0 Å². The highest BCUT2D eigenvalue weighted by Crippen LogP contribution is 2.23. The second-order valence-electron chi connectivity index (χ2n) is 4.87. The summed E-state index contributed by atoms with van der Waals surface area (Å²) in [5, 5.41) is 9.03. The van der Waals surface area contributed by atoms with Gasteiger partial charge in [0, 0.05) is 12.6 Å². The topological polar surface area (TPSA) is 86.3 Å². The fraction of sp³-hybridized carbons (Fsp3) is 0.615. The van der Waals surface area contributed by atoms with Gasteiger partial charge in [-0.25, -0.2) is 9.78 Å². The molecule has 1 aliphatic rings. The number of H-pyrrole nitrogens is 1. The Hall–Kier alpha value is -1.85. The Morgan fingerprint density at radius 2 is 2.32 bits per heavy atom. The molecule has 1 aromatic heterocycles. The molecule has 6 nitrogen and oxygen atoms in total. The zero-order valence-electron chi connectivity index (χ0n) is 11.1. The van der Waals surface area contributed by atoms with E-state index in [1.165, 1.54) is 6.33 Å². The smallest absolute Gasteiger partial charge is 0.354 e. The molecule has 0 spiro atoms. The Morgan fingerprint density at radius 1 is 1.53 bits per heavy atom. The molecule has 2 rings (SSSR count). The van der Waals surface area contributed by atoms with E-state index in [1.807, 2.05) is 0 Å². The lowest BCUT2D eigenvalue weighted by atomic mass is 9.97. The fourth-order valence-corrected chi connectivity index (χ4v) is 2.66. The summed E-state index contributed by atoms with van der Waals surface area (Å²) >= 11 is 0. The van der Waals surface area contributed by atoms with Gasteiger partial charge in [0.05, 0.1) is 6.33 Å². The minimum atomic E-state index is -1.15. The lowest BCUT2D eigenvalue weighted by molar-refractivity contribution is 0.0578. The van der Waals surface area contributed by atoms with Crippen LogP contribution in [-0.4, -0.2) is 44.4 Å². The maximum Gasteiger partial charge on any atom is 0.354 e. The zero-order valence-corrected chi connectivity index (χ0v) is 11.1. The van der Waals surface area contributed by atoms with Crippen molar-refractivity contribution in [2.75, 3.05) is 6.54 Å². The number of aromatic carboxylic acids is 1. The molecular weight excluding hydrogens is 246 g/mol. The van der Waals surface area contributed by atoms with Crippen LogP contribution < -0.4 is 0 Å². The average Bonchev–Trinajstić information content (AvgIpc) is 2.88. The summed E-state index contributed by atoms with van der Waals surface area (Å²) in [6.07, 6.45) is 6.32. The summed E-state index contributed by atoms with van der Waals surface area (Å²) in [6.45, 7) is 2.78. The van der Waals surface area contributed by atoms with E-state index in [1.54, 1.807) is 4.90 Å². The predicted octanol–water partition coefficient (Wildman–Crippen LogP) is 1.90. The molecule has 1 amide bonds. The molecule has 0 bridgehead atoms. The average molecular weight is 265 g/mol.